The molecule has 1 aromatic rings. The normalized spacial score (nSPS) is 10.2. The van der Waals surface area contributed by atoms with E-state index in [0.717, 1.165) is 11.1 Å². The Balaban J connectivity index is 3.14. The van der Waals surface area contributed by atoms with E-state index in [1.165, 1.54) is 6.07 Å². The van der Waals surface area contributed by atoms with Gasteiger partial charge in [-0.2, -0.15) is 0 Å². The van der Waals surface area contributed by atoms with E-state index in [-0.39, 0.29) is 24.6 Å². The van der Waals surface area contributed by atoms with Crippen LogP contribution in [0.15, 0.2) is 12.1 Å². The molecule has 0 saturated heterocycles. The van der Waals surface area contributed by atoms with Crippen LogP contribution in [0.4, 0.5) is 5.69 Å². The predicted octanol–water partition coefficient (Wildman–Crippen LogP) is 2.75. The van der Waals surface area contributed by atoms with Crippen molar-refractivity contribution in [1.29, 1.82) is 0 Å². The fourth-order valence-electron chi connectivity index (χ4n) is 1.61. The van der Waals surface area contributed by atoms with Gasteiger partial charge in [-0.15, -0.1) is 11.6 Å². The average Bonchev–Trinajstić information content (AvgIpc) is 2.30. The first kappa shape index (κ1) is 14.4. The van der Waals surface area contributed by atoms with Crippen molar-refractivity contribution >= 4 is 23.3 Å². The number of hydrogen-bond donors (Lipinski definition) is 0. The Bertz CT molecular complexity index is 473. The Morgan fingerprint density at radius 2 is 2.11 bits per heavy atom. The van der Waals surface area contributed by atoms with Crippen molar-refractivity contribution in [3.8, 4) is 0 Å². The second-order valence-corrected chi connectivity index (χ2v) is 4.05. The molecule has 0 atom stereocenters. The third-order valence-electron chi connectivity index (χ3n) is 2.52. The number of carbonyl (C=O) groups excluding carboxylic acids is 1. The van der Waals surface area contributed by atoms with Crippen LogP contribution in [0.2, 0.25) is 0 Å². The zero-order chi connectivity index (χ0) is 13.7. The SMILES string of the molecule is CCOC(=O)Cc1cc(CCl)c(C)cc1[N+](=O)[O-]. The number of aryl methyl sites for hydroxylation is 1. The Kier molecular flexibility index (Phi) is 5.09. The molecule has 98 valence electrons. The van der Waals surface area contributed by atoms with Gasteiger partial charge in [0.15, 0.2) is 0 Å². The van der Waals surface area contributed by atoms with Gasteiger partial charge in [-0.1, -0.05) is 0 Å². The van der Waals surface area contributed by atoms with Crippen molar-refractivity contribution in [2.75, 3.05) is 6.61 Å². The van der Waals surface area contributed by atoms with E-state index in [1.54, 1.807) is 19.9 Å². The summed E-state index contributed by atoms with van der Waals surface area (Å²) in [6.45, 7) is 3.69. The van der Waals surface area contributed by atoms with Crippen LogP contribution in [-0.2, 0) is 21.8 Å². The fraction of sp³-hybridized carbons (Fsp3) is 0.417. The van der Waals surface area contributed by atoms with Gasteiger partial charge in [0.2, 0.25) is 0 Å². The lowest BCUT2D eigenvalue weighted by atomic mass is 10.0. The molecule has 0 amide bonds. The lowest BCUT2D eigenvalue weighted by Gasteiger charge is -2.07. The standard InChI is InChI=1S/C12H14ClNO4/c1-3-18-12(15)6-9-5-10(7-13)8(2)4-11(9)14(16)17/h4-5H,3,6-7H2,1-2H3. The molecule has 0 aromatic heterocycles. The number of alkyl halides is 1. The molecule has 1 rings (SSSR count). The minimum atomic E-state index is -0.500. The van der Waals surface area contributed by atoms with Crippen molar-refractivity contribution in [2.45, 2.75) is 26.1 Å². The van der Waals surface area contributed by atoms with Crippen molar-refractivity contribution < 1.29 is 14.5 Å². The minimum absolute atomic E-state index is 0.0746. The summed E-state index contributed by atoms with van der Waals surface area (Å²) in [5, 5.41) is 10.9. The highest BCUT2D eigenvalue weighted by Crippen LogP contribution is 2.25. The third-order valence-corrected chi connectivity index (χ3v) is 2.81. The number of halogens is 1. The molecule has 0 unspecified atom stereocenters. The van der Waals surface area contributed by atoms with E-state index in [0.29, 0.717) is 5.56 Å². The average molecular weight is 272 g/mol. The Labute approximate surface area is 110 Å². The fourth-order valence-corrected chi connectivity index (χ4v) is 1.90. The molecule has 0 spiro atoms. The highest BCUT2D eigenvalue weighted by atomic mass is 35.5. The summed E-state index contributed by atoms with van der Waals surface area (Å²) in [4.78, 5) is 21.8. The predicted molar refractivity (Wildman–Crippen MR) is 67.7 cm³/mol. The van der Waals surface area contributed by atoms with E-state index in [9.17, 15) is 14.9 Å². The van der Waals surface area contributed by atoms with Gasteiger partial charge in [0.05, 0.1) is 18.0 Å². The van der Waals surface area contributed by atoms with Crippen LogP contribution in [0.3, 0.4) is 0 Å². The Morgan fingerprint density at radius 3 is 2.61 bits per heavy atom. The van der Waals surface area contributed by atoms with Gasteiger partial charge < -0.3 is 4.74 Å². The van der Waals surface area contributed by atoms with Crippen molar-refractivity contribution in [3.05, 3.63) is 38.9 Å². The molecule has 18 heavy (non-hydrogen) atoms. The van der Waals surface area contributed by atoms with Gasteiger partial charge in [-0.05, 0) is 31.0 Å². The first-order chi connectivity index (χ1) is 8.49. The third kappa shape index (κ3) is 3.43. The summed E-state index contributed by atoms with van der Waals surface area (Å²) < 4.78 is 4.79. The molecular weight excluding hydrogens is 258 g/mol. The molecular formula is C12H14ClNO4. The smallest absolute Gasteiger partial charge is 0.310 e. The van der Waals surface area contributed by atoms with E-state index in [1.807, 2.05) is 0 Å². The van der Waals surface area contributed by atoms with Gasteiger partial charge in [0.1, 0.15) is 0 Å². The summed E-state index contributed by atoms with van der Waals surface area (Å²) in [5.74, 6) is -0.232. The topological polar surface area (TPSA) is 69.4 Å². The summed E-state index contributed by atoms with van der Waals surface area (Å²) in [6.07, 6.45) is -0.117. The number of esters is 1. The van der Waals surface area contributed by atoms with Gasteiger partial charge in [0, 0.05) is 17.5 Å². The van der Waals surface area contributed by atoms with Crippen LogP contribution in [-0.4, -0.2) is 17.5 Å². The second-order valence-electron chi connectivity index (χ2n) is 3.78. The van der Waals surface area contributed by atoms with Crippen LogP contribution < -0.4 is 0 Å². The number of nitro benzene ring substituents is 1. The van der Waals surface area contributed by atoms with Crippen LogP contribution in [0.1, 0.15) is 23.6 Å². The van der Waals surface area contributed by atoms with Gasteiger partial charge >= 0.3 is 5.97 Å². The molecule has 5 nitrogen and oxygen atoms in total. The number of hydrogen-bond acceptors (Lipinski definition) is 4. The molecule has 0 heterocycles. The summed E-state index contributed by atoms with van der Waals surface area (Å²) in [5.41, 5.74) is 1.78. The Morgan fingerprint density at radius 1 is 1.44 bits per heavy atom. The number of benzene rings is 1. The largest absolute Gasteiger partial charge is 0.466 e. The van der Waals surface area contributed by atoms with Gasteiger partial charge in [-0.3, -0.25) is 14.9 Å². The van der Waals surface area contributed by atoms with Crippen LogP contribution in [0.25, 0.3) is 0 Å². The molecule has 1 aromatic carbocycles. The maximum atomic E-state index is 11.4. The molecule has 0 bridgehead atoms. The van der Waals surface area contributed by atoms with Crippen LogP contribution in [0.5, 0.6) is 0 Å². The van der Waals surface area contributed by atoms with Crippen LogP contribution in [0, 0.1) is 17.0 Å². The van der Waals surface area contributed by atoms with Crippen molar-refractivity contribution in [1.82, 2.24) is 0 Å². The van der Waals surface area contributed by atoms with Gasteiger partial charge in [-0.25, -0.2) is 0 Å². The number of rotatable bonds is 5. The number of carbonyl (C=O) groups is 1. The zero-order valence-electron chi connectivity index (χ0n) is 10.2. The van der Waals surface area contributed by atoms with E-state index < -0.39 is 10.9 Å². The molecule has 0 aliphatic rings. The molecule has 6 heteroatoms. The number of nitrogens with zero attached hydrogens (tertiary/aromatic N) is 1. The molecule has 0 radical (unpaired) electrons. The highest BCUT2D eigenvalue weighted by Gasteiger charge is 2.19. The van der Waals surface area contributed by atoms with Crippen molar-refractivity contribution in [2.24, 2.45) is 0 Å². The number of nitro groups is 1. The first-order valence-corrected chi connectivity index (χ1v) is 6.01. The minimum Gasteiger partial charge on any atom is -0.466 e. The van der Waals surface area contributed by atoms with Crippen LogP contribution >= 0.6 is 11.6 Å². The van der Waals surface area contributed by atoms with Crippen molar-refractivity contribution in [3.63, 3.8) is 0 Å². The summed E-state index contributed by atoms with van der Waals surface area (Å²) >= 11 is 5.75. The van der Waals surface area contributed by atoms with E-state index >= 15 is 0 Å². The maximum absolute atomic E-state index is 11.4. The molecule has 0 fully saturated rings. The molecule has 0 N–H and O–H groups in total. The second kappa shape index (κ2) is 6.35. The van der Waals surface area contributed by atoms with E-state index in [2.05, 4.69) is 0 Å². The van der Waals surface area contributed by atoms with E-state index in [4.69, 9.17) is 16.3 Å². The lowest BCUT2D eigenvalue weighted by Crippen LogP contribution is -2.10. The first-order valence-electron chi connectivity index (χ1n) is 5.48. The molecule has 0 saturated carbocycles. The lowest BCUT2D eigenvalue weighted by molar-refractivity contribution is -0.385. The monoisotopic (exact) mass is 271 g/mol. The summed E-state index contributed by atoms with van der Waals surface area (Å²) in [7, 11) is 0. The summed E-state index contributed by atoms with van der Waals surface area (Å²) in [6, 6.07) is 3.03. The Hall–Kier alpha value is -1.62. The number of ether oxygens (including phenoxy) is 1. The highest BCUT2D eigenvalue weighted by molar-refractivity contribution is 6.17. The zero-order valence-corrected chi connectivity index (χ0v) is 11.0. The molecule has 0 aliphatic heterocycles. The quantitative estimate of drug-likeness (QED) is 0.357. The maximum Gasteiger partial charge on any atom is 0.310 e. The molecule has 0 aliphatic carbocycles. The van der Waals surface area contributed by atoms with Gasteiger partial charge in [0.25, 0.3) is 5.69 Å².